The fourth-order valence-electron chi connectivity index (χ4n) is 1.35. The summed E-state index contributed by atoms with van der Waals surface area (Å²) in [5.41, 5.74) is 1.95. The molecule has 1 heterocycles. The first-order chi connectivity index (χ1) is 7.31. The van der Waals surface area contributed by atoms with E-state index in [0.717, 1.165) is 17.0 Å². The van der Waals surface area contributed by atoms with Crippen LogP contribution in [0.1, 0.15) is 5.56 Å². The van der Waals surface area contributed by atoms with Crippen LogP contribution in [0, 0.1) is 0 Å². The predicted octanol–water partition coefficient (Wildman–Crippen LogP) is 2.41. The van der Waals surface area contributed by atoms with Crippen molar-refractivity contribution in [3.8, 4) is 5.75 Å². The highest BCUT2D eigenvalue weighted by molar-refractivity contribution is 5.63. The Morgan fingerprint density at radius 1 is 1.33 bits per heavy atom. The highest BCUT2D eigenvalue weighted by Crippen LogP contribution is 2.18. The van der Waals surface area contributed by atoms with E-state index in [1.165, 1.54) is 0 Å². The predicted molar refractivity (Wildman–Crippen MR) is 59.7 cm³/mol. The van der Waals surface area contributed by atoms with Gasteiger partial charge in [0.1, 0.15) is 5.75 Å². The van der Waals surface area contributed by atoms with Gasteiger partial charge in [0.05, 0.1) is 13.4 Å². The Bertz CT molecular complexity index is 443. The molecule has 3 nitrogen and oxygen atoms in total. The number of imidazole rings is 1. The van der Waals surface area contributed by atoms with Gasteiger partial charge in [0.15, 0.2) is 0 Å². The summed E-state index contributed by atoms with van der Waals surface area (Å²) in [5.74, 6) is 0.845. The molecule has 0 atom stereocenters. The zero-order valence-electron chi connectivity index (χ0n) is 8.55. The summed E-state index contributed by atoms with van der Waals surface area (Å²) in [6.07, 6.45) is 5.33. The summed E-state index contributed by atoms with van der Waals surface area (Å²) in [4.78, 5) is 3.98. The largest absolute Gasteiger partial charge is 0.497 e. The molecule has 0 fully saturated rings. The van der Waals surface area contributed by atoms with Gasteiger partial charge in [-0.2, -0.15) is 0 Å². The molecular formula is C12H12N2O. The lowest BCUT2D eigenvalue weighted by Crippen LogP contribution is -1.94. The van der Waals surface area contributed by atoms with Crippen molar-refractivity contribution in [2.24, 2.45) is 0 Å². The zero-order chi connectivity index (χ0) is 10.7. The lowest BCUT2D eigenvalue weighted by Gasteiger charge is -2.07. The second kappa shape index (κ2) is 4.00. The normalized spacial score (nSPS) is 9.93. The first-order valence-electron chi connectivity index (χ1n) is 4.63. The second-order valence-electron chi connectivity index (χ2n) is 3.15. The summed E-state index contributed by atoms with van der Waals surface area (Å²) in [5, 5.41) is 0. The van der Waals surface area contributed by atoms with E-state index in [1.54, 1.807) is 19.6 Å². The van der Waals surface area contributed by atoms with Crippen molar-refractivity contribution in [1.29, 1.82) is 0 Å². The third-order valence-electron chi connectivity index (χ3n) is 2.24. The standard InChI is InChI=1S/C12H12N2O/c1-10(14-8-7-13-9-14)11-3-5-12(15-2)6-4-11/h3-9H,1H2,2H3. The smallest absolute Gasteiger partial charge is 0.118 e. The molecule has 1 aromatic carbocycles. The summed E-state index contributed by atoms with van der Waals surface area (Å²) < 4.78 is 6.97. The summed E-state index contributed by atoms with van der Waals surface area (Å²) in [6, 6.07) is 7.78. The maximum atomic E-state index is 5.09. The van der Waals surface area contributed by atoms with Crippen LogP contribution in [0.15, 0.2) is 49.6 Å². The molecule has 0 saturated heterocycles. The van der Waals surface area contributed by atoms with Gasteiger partial charge in [0, 0.05) is 18.1 Å². The van der Waals surface area contributed by atoms with Crippen LogP contribution in [0.2, 0.25) is 0 Å². The lowest BCUT2D eigenvalue weighted by molar-refractivity contribution is 0.415. The third kappa shape index (κ3) is 1.91. The van der Waals surface area contributed by atoms with Gasteiger partial charge in [0.2, 0.25) is 0 Å². The number of hydrogen-bond donors (Lipinski definition) is 0. The lowest BCUT2D eigenvalue weighted by atomic mass is 10.1. The third-order valence-corrected chi connectivity index (χ3v) is 2.24. The summed E-state index contributed by atoms with van der Waals surface area (Å²) >= 11 is 0. The quantitative estimate of drug-likeness (QED) is 0.760. The molecule has 0 bridgehead atoms. The van der Waals surface area contributed by atoms with Crippen molar-refractivity contribution < 1.29 is 4.74 Å². The molecule has 1 aromatic heterocycles. The van der Waals surface area contributed by atoms with Gasteiger partial charge in [-0.1, -0.05) is 6.58 Å². The minimum Gasteiger partial charge on any atom is -0.497 e. The first-order valence-corrected chi connectivity index (χ1v) is 4.63. The molecule has 0 spiro atoms. The summed E-state index contributed by atoms with van der Waals surface area (Å²) in [6.45, 7) is 4.01. The van der Waals surface area contributed by atoms with Crippen LogP contribution in [-0.2, 0) is 0 Å². The van der Waals surface area contributed by atoms with Crippen LogP contribution in [0.4, 0.5) is 0 Å². The van der Waals surface area contributed by atoms with Crippen molar-refractivity contribution in [2.45, 2.75) is 0 Å². The van der Waals surface area contributed by atoms with Crippen LogP contribution in [0.5, 0.6) is 5.75 Å². The monoisotopic (exact) mass is 200 g/mol. The van der Waals surface area contributed by atoms with Crippen molar-refractivity contribution in [3.63, 3.8) is 0 Å². The van der Waals surface area contributed by atoms with E-state index in [0.29, 0.717) is 0 Å². The SMILES string of the molecule is C=C(c1ccc(OC)cc1)n1ccnc1. The molecule has 2 aromatic rings. The average molecular weight is 200 g/mol. The molecule has 0 N–H and O–H groups in total. The molecule has 0 aliphatic rings. The van der Waals surface area contributed by atoms with Gasteiger partial charge in [-0.25, -0.2) is 4.98 Å². The van der Waals surface area contributed by atoms with Crippen molar-refractivity contribution in [3.05, 3.63) is 55.1 Å². The molecule has 2 rings (SSSR count). The van der Waals surface area contributed by atoms with Crippen LogP contribution in [-0.4, -0.2) is 16.7 Å². The number of hydrogen-bond acceptors (Lipinski definition) is 2. The van der Waals surface area contributed by atoms with Crippen LogP contribution >= 0.6 is 0 Å². The van der Waals surface area contributed by atoms with Crippen LogP contribution in [0.3, 0.4) is 0 Å². The van der Waals surface area contributed by atoms with E-state index in [-0.39, 0.29) is 0 Å². The van der Waals surface area contributed by atoms with E-state index in [1.807, 2.05) is 35.0 Å². The fourth-order valence-corrected chi connectivity index (χ4v) is 1.35. The van der Waals surface area contributed by atoms with Gasteiger partial charge in [-0.05, 0) is 29.8 Å². The van der Waals surface area contributed by atoms with Crippen LogP contribution in [0.25, 0.3) is 5.70 Å². The zero-order valence-corrected chi connectivity index (χ0v) is 8.55. The Balaban J connectivity index is 2.27. The number of nitrogens with zero attached hydrogens (tertiary/aromatic N) is 2. The van der Waals surface area contributed by atoms with Gasteiger partial charge >= 0.3 is 0 Å². The topological polar surface area (TPSA) is 27.1 Å². The van der Waals surface area contributed by atoms with Crippen LogP contribution < -0.4 is 4.74 Å². The fraction of sp³-hybridized carbons (Fsp3) is 0.0833. The van der Waals surface area contributed by atoms with Gasteiger partial charge in [0.25, 0.3) is 0 Å². The molecule has 15 heavy (non-hydrogen) atoms. The van der Waals surface area contributed by atoms with E-state index in [2.05, 4.69) is 11.6 Å². The average Bonchev–Trinajstić information content (AvgIpc) is 2.82. The Kier molecular flexibility index (Phi) is 2.54. The van der Waals surface area contributed by atoms with Crippen molar-refractivity contribution in [2.75, 3.05) is 7.11 Å². The summed E-state index contributed by atoms with van der Waals surface area (Å²) in [7, 11) is 1.65. The first kappa shape index (κ1) is 9.52. The Morgan fingerprint density at radius 2 is 2.07 bits per heavy atom. The number of aromatic nitrogens is 2. The van der Waals surface area contributed by atoms with Gasteiger partial charge in [-0.15, -0.1) is 0 Å². The molecule has 0 aliphatic heterocycles. The van der Waals surface area contributed by atoms with Crippen molar-refractivity contribution in [1.82, 2.24) is 9.55 Å². The van der Waals surface area contributed by atoms with Gasteiger partial charge < -0.3 is 9.30 Å². The molecular weight excluding hydrogens is 188 g/mol. The number of benzene rings is 1. The highest BCUT2D eigenvalue weighted by atomic mass is 16.5. The molecule has 0 amide bonds. The van der Waals surface area contributed by atoms with Gasteiger partial charge in [-0.3, -0.25) is 0 Å². The Labute approximate surface area is 88.6 Å². The van der Waals surface area contributed by atoms with E-state index in [9.17, 15) is 0 Å². The number of methoxy groups -OCH3 is 1. The van der Waals surface area contributed by atoms with E-state index >= 15 is 0 Å². The maximum absolute atomic E-state index is 5.09. The molecule has 0 radical (unpaired) electrons. The Morgan fingerprint density at radius 3 is 2.60 bits per heavy atom. The highest BCUT2D eigenvalue weighted by Gasteiger charge is 2.00. The molecule has 0 unspecified atom stereocenters. The maximum Gasteiger partial charge on any atom is 0.118 e. The minimum atomic E-state index is 0.845. The molecule has 0 saturated carbocycles. The number of rotatable bonds is 3. The Hall–Kier alpha value is -2.03. The van der Waals surface area contributed by atoms with E-state index in [4.69, 9.17) is 4.74 Å². The second-order valence-corrected chi connectivity index (χ2v) is 3.15. The van der Waals surface area contributed by atoms with E-state index < -0.39 is 0 Å². The molecule has 76 valence electrons. The van der Waals surface area contributed by atoms with Crippen molar-refractivity contribution >= 4 is 5.70 Å². The molecule has 0 aliphatic carbocycles. The minimum absolute atomic E-state index is 0.845. The number of ether oxygens (including phenoxy) is 1. The molecule has 3 heteroatoms.